The van der Waals surface area contributed by atoms with Gasteiger partial charge < -0.3 is 20.5 Å². The second-order valence-corrected chi connectivity index (χ2v) is 7.73. The van der Waals surface area contributed by atoms with Crippen LogP contribution in [-0.2, 0) is 10.0 Å². The lowest BCUT2D eigenvalue weighted by molar-refractivity contribution is -0.123. The van der Waals surface area contributed by atoms with Crippen LogP contribution in [0.2, 0.25) is 0 Å². The first-order valence-electron chi connectivity index (χ1n) is 8.41. The Balaban J connectivity index is 2.39. The predicted molar refractivity (Wildman–Crippen MR) is 104 cm³/mol. The molecule has 0 fully saturated rings. The van der Waals surface area contributed by atoms with Gasteiger partial charge in [-0.25, -0.2) is 8.42 Å². The smallest absolute Gasteiger partial charge is 0.405 e. The standard InChI is InChI=1S/C18H18F3N3O6S/c1-29-14-7-12(16(22)25)13(8-15(14)30-2)24-31(27,28)11-5-3-4-10(6-11)17(26)23-9-18(19,20)21/h3-8,24H,9H2,1-2H3,(H2,22,25)(H,23,26). The molecular formula is C18H18F3N3O6S. The van der Waals surface area contributed by atoms with Gasteiger partial charge in [-0.3, -0.25) is 14.3 Å². The quantitative estimate of drug-likeness (QED) is 0.549. The summed E-state index contributed by atoms with van der Waals surface area (Å²) < 4.78 is 74.7. The molecule has 168 valence electrons. The number of halogens is 3. The van der Waals surface area contributed by atoms with Gasteiger partial charge in [0.05, 0.1) is 30.4 Å². The number of hydrogen-bond donors (Lipinski definition) is 3. The van der Waals surface area contributed by atoms with E-state index in [1.165, 1.54) is 32.4 Å². The van der Waals surface area contributed by atoms with Crippen molar-refractivity contribution in [2.75, 3.05) is 25.5 Å². The van der Waals surface area contributed by atoms with E-state index in [9.17, 15) is 31.2 Å². The molecule has 2 aromatic carbocycles. The van der Waals surface area contributed by atoms with Gasteiger partial charge in [0.25, 0.3) is 21.8 Å². The van der Waals surface area contributed by atoms with Crippen LogP contribution in [0.4, 0.5) is 18.9 Å². The van der Waals surface area contributed by atoms with Crippen LogP contribution in [0.3, 0.4) is 0 Å². The maximum atomic E-state index is 12.8. The third-order valence-electron chi connectivity index (χ3n) is 3.89. The van der Waals surface area contributed by atoms with E-state index in [1.807, 2.05) is 0 Å². The van der Waals surface area contributed by atoms with Crippen LogP contribution < -0.4 is 25.2 Å². The normalized spacial score (nSPS) is 11.5. The summed E-state index contributed by atoms with van der Waals surface area (Å²) in [4.78, 5) is 23.2. The van der Waals surface area contributed by atoms with Crippen LogP contribution in [0.25, 0.3) is 0 Å². The Morgan fingerprint density at radius 3 is 2.23 bits per heavy atom. The molecule has 0 aliphatic heterocycles. The monoisotopic (exact) mass is 461 g/mol. The minimum absolute atomic E-state index is 0.102. The minimum Gasteiger partial charge on any atom is -0.493 e. The summed E-state index contributed by atoms with van der Waals surface area (Å²) in [6.45, 7) is -1.57. The summed E-state index contributed by atoms with van der Waals surface area (Å²) in [5, 5.41) is 1.65. The topological polar surface area (TPSA) is 137 Å². The minimum atomic E-state index is -4.63. The second-order valence-electron chi connectivity index (χ2n) is 6.05. The number of nitrogens with two attached hydrogens (primary N) is 1. The zero-order valence-electron chi connectivity index (χ0n) is 16.2. The van der Waals surface area contributed by atoms with Gasteiger partial charge in [0.2, 0.25) is 0 Å². The van der Waals surface area contributed by atoms with Crippen molar-refractivity contribution in [1.29, 1.82) is 0 Å². The van der Waals surface area contributed by atoms with Crippen LogP contribution in [0, 0.1) is 0 Å². The Labute approximate surface area is 175 Å². The molecule has 0 saturated carbocycles. The summed E-state index contributed by atoms with van der Waals surface area (Å²) in [7, 11) is -1.77. The van der Waals surface area contributed by atoms with Crippen LogP contribution in [0.5, 0.6) is 11.5 Å². The molecule has 2 rings (SSSR count). The number of carbonyl (C=O) groups is 2. The zero-order valence-corrected chi connectivity index (χ0v) is 17.1. The van der Waals surface area contributed by atoms with Gasteiger partial charge in [0.1, 0.15) is 6.54 Å². The fourth-order valence-corrected chi connectivity index (χ4v) is 3.57. The van der Waals surface area contributed by atoms with Crippen LogP contribution >= 0.6 is 0 Å². The number of anilines is 1. The van der Waals surface area contributed by atoms with Crippen LogP contribution in [0.15, 0.2) is 41.3 Å². The number of amides is 2. The molecule has 0 aromatic heterocycles. The summed E-state index contributed by atoms with van der Waals surface area (Å²) >= 11 is 0. The van der Waals surface area contributed by atoms with E-state index in [4.69, 9.17) is 15.2 Å². The molecule has 0 spiro atoms. The van der Waals surface area contributed by atoms with E-state index in [0.717, 1.165) is 18.2 Å². The van der Waals surface area contributed by atoms with Crippen molar-refractivity contribution in [3.8, 4) is 11.5 Å². The molecule has 0 atom stereocenters. The van der Waals surface area contributed by atoms with Gasteiger partial charge in [-0.1, -0.05) is 6.07 Å². The molecule has 0 heterocycles. The molecule has 4 N–H and O–H groups in total. The largest absolute Gasteiger partial charge is 0.493 e. The van der Waals surface area contributed by atoms with Crippen molar-refractivity contribution in [3.63, 3.8) is 0 Å². The fraction of sp³-hybridized carbons (Fsp3) is 0.222. The molecule has 0 saturated heterocycles. The lowest BCUT2D eigenvalue weighted by atomic mass is 10.1. The van der Waals surface area contributed by atoms with Crippen molar-refractivity contribution >= 4 is 27.5 Å². The van der Waals surface area contributed by atoms with Crippen molar-refractivity contribution in [2.24, 2.45) is 5.73 Å². The highest BCUT2D eigenvalue weighted by atomic mass is 32.2. The summed E-state index contributed by atoms with van der Waals surface area (Å²) in [5.74, 6) is -1.84. The molecule has 0 radical (unpaired) electrons. The SMILES string of the molecule is COc1cc(NS(=O)(=O)c2cccc(C(=O)NCC(F)(F)F)c2)c(C(N)=O)cc1OC. The lowest BCUT2D eigenvalue weighted by Crippen LogP contribution is -2.33. The molecule has 0 bridgehead atoms. The summed E-state index contributed by atoms with van der Waals surface area (Å²) in [6, 6.07) is 6.69. The van der Waals surface area contributed by atoms with Crippen molar-refractivity contribution < 1.29 is 40.7 Å². The maximum Gasteiger partial charge on any atom is 0.405 e. The fourth-order valence-electron chi connectivity index (χ4n) is 2.46. The van der Waals surface area contributed by atoms with E-state index in [-0.39, 0.29) is 28.3 Å². The number of ether oxygens (including phenoxy) is 2. The Morgan fingerprint density at radius 1 is 1.06 bits per heavy atom. The number of primary amides is 1. The number of hydrogen-bond acceptors (Lipinski definition) is 6. The first-order chi connectivity index (χ1) is 14.4. The van der Waals surface area contributed by atoms with Gasteiger partial charge in [-0.15, -0.1) is 0 Å². The van der Waals surface area contributed by atoms with E-state index >= 15 is 0 Å². The average Bonchev–Trinajstić information content (AvgIpc) is 2.70. The highest BCUT2D eigenvalue weighted by Gasteiger charge is 2.28. The second kappa shape index (κ2) is 9.12. The zero-order chi connectivity index (χ0) is 23.4. The highest BCUT2D eigenvalue weighted by Crippen LogP contribution is 2.34. The number of methoxy groups -OCH3 is 2. The van der Waals surface area contributed by atoms with Gasteiger partial charge >= 0.3 is 6.18 Å². The molecule has 9 nitrogen and oxygen atoms in total. The Hall–Kier alpha value is -3.48. The van der Waals surface area contributed by atoms with E-state index < -0.39 is 39.5 Å². The third kappa shape index (κ3) is 6.01. The highest BCUT2D eigenvalue weighted by molar-refractivity contribution is 7.92. The van der Waals surface area contributed by atoms with Gasteiger partial charge in [-0.2, -0.15) is 13.2 Å². The number of alkyl halides is 3. The van der Waals surface area contributed by atoms with Crippen molar-refractivity contribution in [2.45, 2.75) is 11.1 Å². The van der Waals surface area contributed by atoms with E-state index in [2.05, 4.69) is 4.72 Å². The number of benzene rings is 2. The molecule has 2 aromatic rings. The average molecular weight is 461 g/mol. The van der Waals surface area contributed by atoms with Crippen molar-refractivity contribution in [3.05, 3.63) is 47.5 Å². The summed E-state index contributed by atoms with van der Waals surface area (Å²) in [6.07, 6.45) is -4.63. The molecule has 0 aliphatic rings. The summed E-state index contributed by atoms with van der Waals surface area (Å²) in [5.41, 5.74) is 4.55. The predicted octanol–water partition coefficient (Wildman–Crippen LogP) is 1.90. The van der Waals surface area contributed by atoms with Crippen LogP contribution in [0.1, 0.15) is 20.7 Å². The van der Waals surface area contributed by atoms with Crippen molar-refractivity contribution in [1.82, 2.24) is 5.32 Å². The third-order valence-corrected chi connectivity index (χ3v) is 5.25. The van der Waals surface area contributed by atoms with Crippen LogP contribution in [-0.4, -0.2) is 47.2 Å². The molecule has 2 amide bonds. The number of nitrogens with one attached hydrogen (secondary N) is 2. The van der Waals surface area contributed by atoms with Gasteiger partial charge in [0.15, 0.2) is 11.5 Å². The molecule has 31 heavy (non-hydrogen) atoms. The number of sulfonamides is 1. The Bertz CT molecular complexity index is 1100. The van der Waals surface area contributed by atoms with E-state index in [1.54, 1.807) is 5.32 Å². The first kappa shape index (κ1) is 23.8. The maximum absolute atomic E-state index is 12.8. The Morgan fingerprint density at radius 2 is 1.68 bits per heavy atom. The molecule has 0 aliphatic carbocycles. The lowest BCUT2D eigenvalue weighted by Gasteiger charge is -2.15. The number of carbonyl (C=O) groups excluding carboxylic acids is 2. The van der Waals surface area contributed by atoms with E-state index in [0.29, 0.717) is 0 Å². The molecular weight excluding hydrogens is 443 g/mol. The Kier molecular flexibility index (Phi) is 7.00. The van der Waals surface area contributed by atoms with Gasteiger partial charge in [-0.05, 0) is 24.3 Å². The van der Waals surface area contributed by atoms with Gasteiger partial charge in [0, 0.05) is 11.6 Å². The molecule has 13 heteroatoms. The number of rotatable bonds is 8. The molecule has 0 unspecified atom stereocenters. The first-order valence-corrected chi connectivity index (χ1v) is 9.90.